The van der Waals surface area contributed by atoms with Crippen LogP contribution < -0.4 is 0 Å². The number of nitrogens with zero attached hydrogens (tertiary/aromatic N) is 1. The molecule has 0 saturated heterocycles. The van der Waals surface area contributed by atoms with Gasteiger partial charge in [0, 0.05) is 0 Å². The molecule has 0 aromatic carbocycles. The van der Waals surface area contributed by atoms with Gasteiger partial charge in [0.2, 0.25) is 0 Å². The standard InChI is InChI=1S/C6H6Cl2.C3H9N.BH3/c7-6(8)5-3-1-2-4-5;1-4(2)3;/h1-3,6H,4H2;1-3H3;1H3. The minimum atomic E-state index is -0.315. The van der Waals surface area contributed by atoms with Gasteiger partial charge in [-0.25, -0.2) is 0 Å². The van der Waals surface area contributed by atoms with Crippen LogP contribution in [0.5, 0.6) is 0 Å². The van der Waals surface area contributed by atoms with Gasteiger partial charge in [-0.2, -0.15) is 0 Å². The van der Waals surface area contributed by atoms with Gasteiger partial charge in [0.1, 0.15) is 4.84 Å². The summed E-state index contributed by atoms with van der Waals surface area (Å²) in [6.07, 6.45) is 6.86. The summed E-state index contributed by atoms with van der Waals surface area (Å²) >= 11 is 11.1. The molecule has 0 amide bonds. The van der Waals surface area contributed by atoms with Crippen LogP contribution in [0.15, 0.2) is 23.8 Å². The minimum Gasteiger partial charge on any atom is -0.312 e. The van der Waals surface area contributed by atoms with E-state index in [0.717, 1.165) is 12.0 Å². The van der Waals surface area contributed by atoms with E-state index in [2.05, 4.69) is 0 Å². The number of hydrogen-bond acceptors (Lipinski definition) is 1. The lowest BCUT2D eigenvalue weighted by atomic mass is 10.3. The van der Waals surface area contributed by atoms with Crippen LogP contribution in [0.1, 0.15) is 6.42 Å². The minimum absolute atomic E-state index is 0. The Labute approximate surface area is 93.0 Å². The molecule has 0 unspecified atom stereocenters. The van der Waals surface area contributed by atoms with E-state index < -0.39 is 0 Å². The Balaban J connectivity index is 0. The predicted octanol–water partition coefficient (Wildman–Crippen LogP) is 1.67. The van der Waals surface area contributed by atoms with Gasteiger partial charge in [0.25, 0.3) is 0 Å². The summed E-state index contributed by atoms with van der Waals surface area (Å²) in [5.41, 5.74) is 1.09. The van der Waals surface area contributed by atoms with Crippen LogP contribution in [-0.2, 0) is 0 Å². The van der Waals surface area contributed by atoms with Crippen LogP contribution >= 0.6 is 23.2 Å². The van der Waals surface area contributed by atoms with Crippen LogP contribution in [0.2, 0.25) is 0 Å². The van der Waals surface area contributed by atoms with E-state index >= 15 is 0 Å². The number of hydrogen-bond donors (Lipinski definition) is 0. The second-order valence-corrected chi connectivity index (χ2v) is 4.11. The Hall–Kier alpha value is 0.0849. The maximum atomic E-state index is 5.54. The predicted molar refractivity (Wildman–Crippen MR) is 66.9 cm³/mol. The Kier molecular flexibility index (Phi) is 10.4. The van der Waals surface area contributed by atoms with Crippen LogP contribution in [0.4, 0.5) is 0 Å². The fraction of sp³-hybridized carbons (Fsp3) is 0.556. The van der Waals surface area contributed by atoms with Gasteiger partial charge >= 0.3 is 0 Å². The molecule has 13 heavy (non-hydrogen) atoms. The topological polar surface area (TPSA) is 3.24 Å². The van der Waals surface area contributed by atoms with E-state index in [1.54, 1.807) is 0 Å². The summed E-state index contributed by atoms with van der Waals surface area (Å²) in [6.45, 7) is 0. The Morgan fingerprint density at radius 1 is 1.31 bits per heavy atom. The highest BCUT2D eigenvalue weighted by atomic mass is 35.5. The molecule has 0 spiro atoms. The van der Waals surface area contributed by atoms with E-state index in [9.17, 15) is 0 Å². The molecule has 76 valence electrons. The van der Waals surface area contributed by atoms with Gasteiger partial charge in [-0.3, -0.25) is 0 Å². The molecule has 4 heteroatoms. The molecule has 0 fully saturated rings. The first-order valence-corrected chi connectivity index (χ1v) is 4.66. The molecule has 0 radical (unpaired) electrons. The zero-order chi connectivity index (χ0) is 9.56. The molecule has 1 rings (SSSR count). The summed E-state index contributed by atoms with van der Waals surface area (Å²) < 4.78 is 0. The monoisotopic (exact) mass is 221 g/mol. The van der Waals surface area contributed by atoms with Crippen molar-refractivity contribution in [2.45, 2.75) is 11.3 Å². The molecule has 1 nitrogen and oxygen atoms in total. The maximum Gasteiger partial charge on any atom is 0.129 e. The number of rotatable bonds is 1. The van der Waals surface area contributed by atoms with Crippen molar-refractivity contribution < 1.29 is 0 Å². The third-order valence-electron chi connectivity index (χ3n) is 1.08. The van der Waals surface area contributed by atoms with Crippen molar-refractivity contribution in [1.82, 2.24) is 4.90 Å². The molecule has 0 heterocycles. The zero-order valence-corrected chi connectivity index (χ0v) is 9.23. The summed E-state index contributed by atoms with van der Waals surface area (Å²) in [4.78, 5) is 1.69. The van der Waals surface area contributed by atoms with Crippen molar-refractivity contribution in [3.8, 4) is 0 Å². The van der Waals surface area contributed by atoms with Crippen molar-refractivity contribution in [3.05, 3.63) is 23.8 Å². The van der Waals surface area contributed by atoms with Crippen LogP contribution in [0.25, 0.3) is 0 Å². The highest BCUT2D eigenvalue weighted by Gasteiger charge is 2.06. The Morgan fingerprint density at radius 2 is 1.77 bits per heavy atom. The molecule has 0 atom stereocenters. The van der Waals surface area contributed by atoms with Gasteiger partial charge in [0.05, 0.1) is 8.41 Å². The van der Waals surface area contributed by atoms with Crippen LogP contribution in [-0.4, -0.2) is 39.3 Å². The van der Waals surface area contributed by atoms with E-state index in [4.69, 9.17) is 23.2 Å². The first-order chi connectivity index (χ1) is 5.54. The second kappa shape index (κ2) is 8.67. The fourth-order valence-electron chi connectivity index (χ4n) is 0.626. The lowest BCUT2D eigenvalue weighted by molar-refractivity contribution is 0.505. The normalized spacial score (nSPS) is 13.6. The van der Waals surface area contributed by atoms with Crippen LogP contribution in [0.3, 0.4) is 0 Å². The molecular formula is C9H18BCl2N. The molecule has 0 saturated carbocycles. The molecular weight excluding hydrogens is 204 g/mol. The van der Waals surface area contributed by atoms with Crippen molar-refractivity contribution in [2.24, 2.45) is 0 Å². The van der Waals surface area contributed by atoms with E-state index in [1.807, 2.05) is 44.3 Å². The Morgan fingerprint density at radius 3 is 1.92 bits per heavy atom. The first-order valence-electron chi connectivity index (χ1n) is 3.78. The smallest absolute Gasteiger partial charge is 0.129 e. The molecule has 0 aromatic rings. The van der Waals surface area contributed by atoms with E-state index in [-0.39, 0.29) is 13.2 Å². The summed E-state index contributed by atoms with van der Waals surface area (Å²) in [7, 11) is 6.00. The van der Waals surface area contributed by atoms with Gasteiger partial charge in [-0.05, 0) is 33.1 Å². The molecule has 1 aliphatic carbocycles. The van der Waals surface area contributed by atoms with Crippen molar-refractivity contribution in [1.29, 1.82) is 0 Å². The number of allylic oxidation sites excluding steroid dienone is 4. The highest BCUT2D eigenvalue weighted by Crippen LogP contribution is 2.21. The van der Waals surface area contributed by atoms with E-state index in [1.165, 1.54) is 0 Å². The zero-order valence-electron chi connectivity index (χ0n) is 7.72. The summed E-state index contributed by atoms with van der Waals surface area (Å²) in [6, 6.07) is 0. The van der Waals surface area contributed by atoms with Gasteiger partial charge in [-0.1, -0.05) is 18.2 Å². The molecule has 0 bridgehead atoms. The largest absolute Gasteiger partial charge is 0.312 e. The quantitative estimate of drug-likeness (QED) is 0.481. The van der Waals surface area contributed by atoms with Gasteiger partial charge in [0.15, 0.2) is 0 Å². The third kappa shape index (κ3) is 10.0. The number of alkyl halides is 2. The lowest BCUT2D eigenvalue weighted by Crippen LogP contribution is -1.99. The SMILES string of the molecule is B.CN(C)C.ClC(Cl)C1=CC=CC1. The van der Waals surface area contributed by atoms with Crippen LogP contribution in [0, 0.1) is 0 Å². The van der Waals surface area contributed by atoms with Crippen molar-refractivity contribution in [2.75, 3.05) is 21.1 Å². The average Bonchev–Trinajstić information content (AvgIpc) is 2.34. The number of halogens is 2. The van der Waals surface area contributed by atoms with Crippen molar-refractivity contribution >= 4 is 31.6 Å². The highest BCUT2D eigenvalue weighted by molar-refractivity contribution is 6.46. The summed E-state index contributed by atoms with van der Waals surface area (Å²) in [5.74, 6) is 0. The molecule has 0 aliphatic heterocycles. The first kappa shape index (κ1) is 15.6. The molecule has 0 aromatic heterocycles. The third-order valence-corrected chi connectivity index (χ3v) is 1.64. The van der Waals surface area contributed by atoms with Gasteiger partial charge in [-0.15, -0.1) is 23.2 Å². The second-order valence-electron chi connectivity index (χ2n) is 3.02. The van der Waals surface area contributed by atoms with E-state index in [0.29, 0.717) is 0 Å². The summed E-state index contributed by atoms with van der Waals surface area (Å²) in [5, 5.41) is 0. The Bertz CT molecular complexity index is 174. The molecule has 0 N–H and O–H groups in total. The average molecular weight is 222 g/mol. The molecule has 1 aliphatic rings. The fourth-order valence-corrected chi connectivity index (χ4v) is 0.949. The van der Waals surface area contributed by atoms with Crippen molar-refractivity contribution in [3.63, 3.8) is 0 Å². The maximum absolute atomic E-state index is 5.54. The lowest BCUT2D eigenvalue weighted by Gasteiger charge is -1.97. The van der Waals surface area contributed by atoms with Gasteiger partial charge < -0.3 is 4.90 Å².